The highest BCUT2D eigenvalue weighted by Gasteiger charge is 2.21. The van der Waals surface area contributed by atoms with Gasteiger partial charge in [0.05, 0.1) is 5.56 Å². The minimum Gasteiger partial charge on any atom is -0.449 e. The molecule has 1 rings (SSSR count). The van der Waals surface area contributed by atoms with Crippen molar-refractivity contribution in [3.63, 3.8) is 0 Å². The smallest absolute Gasteiger partial charge is 0.341 e. The Morgan fingerprint density at radius 3 is 2.44 bits per heavy atom. The zero-order valence-corrected chi connectivity index (χ0v) is 9.79. The van der Waals surface area contributed by atoms with Gasteiger partial charge in [0.1, 0.15) is 0 Å². The molecule has 1 aromatic rings. The molecule has 0 saturated heterocycles. The number of nitrogens with two attached hydrogens (primary N) is 1. The topological polar surface area (TPSA) is 81.4 Å². The molecule has 7 heteroatoms. The second-order valence-corrected chi connectivity index (χ2v) is 3.52. The third-order valence-electron chi connectivity index (χ3n) is 2.21. The number of nitrogen functional groups attached to an aromatic ring is 1. The molecule has 98 valence electrons. The van der Waals surface area contributed by atoms with Gasteiger partial charge >= 0.3 is 5.97 Å². The lowest BCUT2D eigenvalue weighted by atomic mass is 10.1. The predicted molar refractivity (Wildman–Crippen MR) is 59.7 cm³/mol. The highest BCUT2D eigenvalue weighted by Crippen LogP contribution is 2.18. The maximum atomic E-state index is 13.0. The lowest BCUT2D eigenvalue weighted by Gasteiger charge is -2.12. The molecular weight excluding hydrogens is 246 g/mol. The molecule has 18 heavy (non-hydrogen) atoms. The number of rotatable bonds is 3. The van der Waals surface area contributed by atoms with E-state index in [4.69, 9.17) is 10.5 Å². The van der Waals surface area contributed by atoms with Gasteiger partial charge in [-0.3, -0.25) is 4.79 Å². The van der Waals surface area contributed by atoms with Crippen LogP contribution in [0.5, 0.6) is 0 Å². The van der Waals surface area contributed by atoms with E-state index in [2.05, 4.69) is 5.32 Å². The lowest BCUT2D eigenvalue weighted by molar-refractivity contribution is -0.128. The molecule has 1 amide bonds. The fraction of sp³-hybridized carbons (Fsp3) is 0.273. The van der Waals surface area contributed by atoms with Gasteiger partial charge in [0, 0.05) is 18.8 Å². The number of carbonyl (C=O) groups excluding carboxylic acids is 2. The highest BCUT2D eigenvalue weighted by molar-refractivity contribution is 5.96. The SMILES string of the molecule is CNC(=O)C(C)OC(=O)c1cc(F)c(F)cc1N. The van der Waals surface area contributed by atoms with Gasteiger partial charge in [-0.1, -0.05) is 0 Å². The monoisotopic (exact) mass is 258 g/mol. The number of amides is 1. The summed E-state index contributed by atoms with van der Waals surface area (Å²) >= 11 is 0. The third-order valence-corrected chi connectivity index (χ3v) is 2.21. The van der Waals surface area contributed by atoms with E-state index in [1.54, 1.807) is 0 Å². The van der Waals surface area contributed by atoms with Crippen LogP contribution in [0.1, 0.15) is 17.3 Å². The van der Waals surface area contributed by atoms with E-state index in [1.807, 2.05) is 0 Å². The van der Waals surface area contributed by atoms with Crippen LogP contribution in [0.2, 0.25) is 0 Å². The van der Waals surface area contributed by atoms with Gasteiger partial charge in [-0.2, -0.15) is 0 Å². The predicted octanol–water partition coefficient (Wildman–Crippen LogP) is 0.838. The lowest BCUT2D eigenvalue weighted by Crippen LogP contribution is -2.33. The average Bonchev–Trinajstić information content (AvgIpc) is 2.32. The Bertz CT molecular complexity index is 491. The van der Waals surface area contributed by atoms with Crippen molar-refractivity contribution < 1.29 is 23.1 Å². The molecule has 0 heterocycles. The summed E-state index contributed by atoms with van der Waals surface area (Å²) < 4.78 is 30.5. The Balaban J connectivity index is 2.91. The maximum absolute atomic E-state index is 13.0. The Labute approximate surface area is 102 Å². The zero-order chi connectivity index (χ0) is 13.9. The van der Waals surface area contributed by atoms with Gasteiger partial charge in [-0.05, 0) is 13.0 Å². The number of halogens is 2. The molecule has 1 atom stereocenters. The van der Waals surface area contributed by atoms with Crippen molar-refractivity contribution in [2.24, 2.45) is 0 Å². The van der Waals surface area contributed by atoms with Gasteiger partial charge in [-0.15, -0.1) is 0 Å². The summed E-state index contributed by atoms with van der Waals surface area (Å²) in [4.78, 5) is 22.7. The van der Waals surface area contributed by atoms with E-state index < -0.39 is 29.6 Å². The number of benzene rings is 1. The average molecular weight is 258 g/mol. The van der Waals surface area contributed by atoms with Crippen LogP contribution >= 0.6 is 0 Å². The normalized spacial score (nSPS) is 11.8. The van der Waals surface area contributed by atoms with E-state index >= 15 is 0 Å². The number of likely N-dealkylation sites (N-methyl/N-ethyl adjacent to an activating group) is 1. The molecule has 5 nitrogen and oxygen atoms in total. The fourth-order valence-electron chi connectivity index (χ4n) is 1.22. The van der Waals surface area contributed by atoms with Gasteiger partial charge in [0.25, 0.3) is 5.91 Å². The van der Waals surface area contributed by atoms with Crippen LogP contribution in [-0.2, 0) is 9.53 Å². The van der Waals surface area contributed by atoms with E-state index in [0.717, 1.165) is 0 Å². The Hall–Kier alpha value is -2.18. The number of ether oxygens (including phenoxy) is 1. The van der Waals surface area contributed by atoms with Crippen molar-refractivity contribution in [1.82, 2.24) is 5.32 Å². The summed E-state index contributed by atoms with van der Waals surface area (Å²) in [6.07, 6.45) is -1.06. The molecule has 0 bridgehead atoms. The number of hydrogen-bond acceptors (Lipinski definition) is 4. The first-order chi connectivity index (χ1) is 8.36. The van der Waals surface area contributed by atoms with Gasteiger partial charge in [-0.25, -0.2) is 13.6 Å². The van der Waals surface area contributed by atoms with Gasteiger partial charge < -0.3 is 15.8 Å². The van der Waals surface area contributed by atoms with E-state index in [-0.39, 0.29) is 11.3 Å². The van der Waals surface area contributed by atoms with Crippen molar-refractivity contribution in [3.05, 3.63) is 29.3 Å². The van der Waals surface area contributed by atoms with Crippen LogP contribution in [0.4, 0.5) is 14.5 Å². The first-order valence-electron chi connectivity index (χ1n) is 5.04. The fourth-order valence-corrected chi connectivity index (χ4v) is 1.22. The Kier molecular flexibility index (Phi) is 4.19. The summed E-state index contributed by atoms with van der Waals surface area (Å²) in [5, 5.41) is 2.28. The van der Waals surface area contributed by atoms with Crippen LogP contribution < -0.4 is 11.1 Å². The highest BCUT2D eigenvalue weighted by atomic mass is 19.2. The zero-order valence-electron chi connectivity index (χ0n) is 9.79. The minimum absolute atomic E-state index is 0.261. The molecule has 0 radical (unpaired) electrons. The van der Waals surface area contributed by atoms with Crippen LogP contribution in [0.3, 0.4) is 0 Å². The maximum Gasteiger partial charge on any atom is 0.341 e. The van der Waals surface area contributed by atoms with Crippen LogP contribution in [0.15, 0.2) is 12.1 Å². The van der Waals surface area contributed by atoms with Crippen molar-refractivity contribution >= 4 is 17.6 Å². The first kappa shape index (κ1) is 13.9. The van der Waals surface area contributed by atoms with Crippen molar-refractivity contribution in [1.29, 1.82) is 0 Å². The molecule has 0 aliphatic rings. The van der Waals surface area contributed by atoms with E-state index in [1.165, 1.54) is 14.0 Å². The summed E-state index contributed by atoms with van der Waals surface area (Å²) in [6.45, 7) is 1.34. The van der Waals surface area contributed by atoms with Crippen LogP contribution in [0.25, 0.3) is 0 Å². The molecule has 1 aromatic carbocycles. The molecule has 3 N–H and O–H groups in total. The van der Waals surface area contributed by atoms with Crippen LogP contribution in [-0.4, -0.2) is 25.0 Å². The molecular formula is C11H12F2N2O3. The number of hydrogen-bond donors (Lipinski definition) is 2. The molecule has 0 aromatic heterocycles. The summed E-state index contributed by atoms with van der Waals surface area (Å²) in [6, 6.07) is 1.31. The Morgan fingerprint density at radius 1 is 1.33 bits per heavy atom. The largest absolute Gasteiger partial charge is 0.449 e. The molecule has 0 aliphatic heterocycles. The third kappa shape index (κ3) is 2.93. The molecule has 0 fully saturated rings. The second-order valence-electron chi connectivity index (χ2n) is 3.52. The van der Waals surface area contributed by atoms with Crippen molar-refractivity contribution in [3.8, 4) is 0 Å². The van der Waals surface area contributed by atoms with Gasteiger partial charge in [0.2, 0.25) is 0 Å². The summed E-state index contributed by atoms with van der Waals surface area (Å²) in [5.74, 6) is -3.90. The Morgan fingerprint density at radius 2 is 1.89 bits per heavy atom. The number of carbonyl (C=O) groups is 2. The standard InChI is InChI=1S/C11H12F2N2O3/c1-5(10(16)15-2)18-11(17)6-3-7(12)8(13)4-9(6)14/h3-5H,14H2,1-2H3,(H,15,16). The van der Waals surface area contributed by atoms with Crippen LogP contribution in [0, 0.1) is 11.6 Å². The molecule has 1 unspecified atom stereocenters. The van der Waals surface area contributed by atoms with Crippen molar-refractivity contribution in [2.75, 3.05) is 12.8 Å². The number of esters is 1. The molecule has 0 spiro atoms. The van der Waals surface area contributed by atoms with E-state index in [0.29, 0.717) is 12.1 Å². The molecule has 0 aliphatic carbocycles. The number of nitrogens with one attached hydrogen (secondary N) is 1. The second kappa shape index (κ2) is 5.44. The summed E-state index contributed by atoms with van der Waals surface area (Å²) in [7, 11) is 1.37. The minimum atomic E-state index is -1.22. The number of anilines is 1. The first-order valence-corrected chi connectivity index (χ1v) is 5.04. The van der Waals surface area contributed by atoms with E-state index in [9.17, 15) is 18.4 Å². The summed E-state index contributed by atoms with van der Waals surface area (Å²) in [5.41, 5.74) is 4.78. The van der Waals surface area contributed by atoms with Crippen molar-refractivity contribution in [2.45, 2.75) is 13.0 Å². The quantitative estimate of drug-likeness (QED) is 0.621. The molecule has 0 saturated carbocycles. The van der Waals surface area contributed by atoms with Gasteiger partial charge in [0.15, 0.2) is 17.7 Å².